The molecule has 0 N–H and O–H groups in total. The number of fused-ring (bicyclic) bond motifs is 1. The van der Waals surface area contributed by atoms with Crippen molar-refractivity contribution < 1.29 is 17.9 Å². The SMILES string of the molecule is C=Cc1cc2c(cc1-c1cccc(S(C)(=O)=O)c1)OCO2. The first kappa shape index (κ1) is 13.7. The molecule has 108 valence electrons. The highest BCUT2D eigenvalue weighted by molar-refractivity contribution is 7.90. The van der Waals surface area contributed by atoms with Crippen LogP contribution in [-0.4, -0.2) is 21.5 Å². The molecule has 5 heteroatoms. The molecular formula is C16H14O4S. The molecule has 0 saturated carbocycles. The number of ether oxygens (including phenoxy) is 2. The first-order valence-corrected chi connectivity index (χ1v) is 8.25. The third-order valence-electron chi connectivity index (χ3n) is 3.34. The molecule has 1 aliphatic rings. The monoisotopic (exact) mass is 302 g/mol. The minimum Gasteiger partial charge on any atom is -0.454 e. The van der Waals surface area contributed by atoms with Crippen LogP contribution in [0.4, 0.5) is 0 Å². The van der Waals surface area contributed by atoms with Crippen LogP contribution < -0.4 is 9.47 Å². The third kappa shape index (κ3) is 2.52. The standard InChI is InChI=1S/C16H14O4S/c1-3-11-8-15-16(20-10-19-15)9-14(11)12-5-4-6-13(7-12)21(2,17)18/h3-9H,1,10H2,2H3. The van der Waals surface area contributed by atoms with Crippen LogP contribution in [0.5, 0.6) is 11.5 Å². The summed E-state index contributed by atoms with van der Waals surface area (Å²) in [5.41, 5.74) is 2.52. The smallest absolute Gasteiger partial charge is 0.231 e. The van der Waals surface area contributed by atoms with E-state index in [1.54, 1.807) is 24.3 Å². The van der Waals surface area contributed by atoms with Gasteiger partial charge in [-0.15, -0.1) is 0 Å². The van der Waals surface area contributed by atoms with Gasteiger partial charge in [0, 0.05) is 6.26 Å². The summed E-state index contributed by atoms with van der Waals surface area (Å²) in [6.07, 6.45) is 2.91. The summed E-state index contributed by atoms with van der Waals surface area (Å²) in [6.45, 7) is 3.99. The molecule has 1 aliphatic heterocycles. The van der Waals surface area contributed by atoms with Gasteiger partial charge in [0.1, 0.15) is 0 Å². The second kappa shape index (κ2) is 4.93. The summed E-state index contributed by atoms with van der Waals surface area (Å²) in [6, 6.07) is 10.5. The molecule has 0 fully saturated rings. The van der Waals surface area contributed by atoms with Gasteiger partial charge < -0.3 is 9.47 Å². The summed E-state index contributed by atoms with van der Waals surface area (Å²) in [5, 5.41) is 0. The van der Waals surface area contributed by atoms with E-state index in [4.69, 9.17) is 9.47 Å². The Morgan fingerprint density at radius 2 is 1.86 bits per heavy atom. The molecule has 0 aliphatic carbocycles. The Balaban J connectivity index is 2.19. The van der Waals surface area contributed by atoms with Crippen molar-refractivity contribution in [2.24, 2.45) is 0 Å². The van der Waals surface area contributed by atoms with Crippen LogP contribution in [-0.2, 0) is 9.84 Å². The average Bonchev–Trinajstić information content (AvgIpc) is 2.92. The second-order valence-corrected chi connectivity index (χ2v) is 6.81. The highest BCUT2D eigenvalue weighted by Crippen LogP contribution is 2.39. The Hall–Kier alpha value is -2.27. The minimum atomic E-state index is -3.25. The largest absolute Gasteiger partial charge is 0.454 e. The lowest BCUT2D eigenvalue weighted by atomic mass is 9.99. The van der Waals surface area contributed by atoms with Crippen molar-refractivity contribution in [1.29, 1.82) is 0 Å². The van der Waals surface area contributed by atoms with E-state index in [9.17, 15) is 8.42 Å². The lowest BCUT2D eigenvalue weighted by Gasteiger charge is -2.09. The number of rotatable bonds is 3. The van der Waals surface area contributed by atoms with Crippen molar-refractivity contribution >= 4 is 15.9 Å². The maximum atomic E-state index is 11.7. The van der Waals surface area contributed by atoms with E-state index < -0.39 is 9.84 Å². The number of hydrogen-bond acceptors (Lipinski definition) is 4. The van der Waals surface area contributed by atoms with Crippen LogP contribution in [0.25, 0.3) is 17.2 Å². The average molecular weight is 302 g/mol. The van der Waals surface area contributed by atoms with Gasteiger partial charge in [-0.05, 0) is 41.0 Å². The number of sulfone groups is 1. The van der Waals surface area contributed by atoms with E-state index in [0.29, 0.717) is 11.5 Å². The Kier molecular flexibility index (Phi) is 3.22. The van der Waals surface area contributed by atoms with Crippen LogP contribution in [0, 0.1) is 0 Å². The topological polar surface area (TPSA) is 52.6 Å². The number of benzene rings is 2. The normalized spacial score (nSPS) is 13.2. The molecular weight excluding hydrogens is 288 g/mol. The Bertz CT molecular complexity index is 822. The van der Waals surface area contributed by atoms with Gasteiger partial charge in [-0.25, -0.2) is 8.42 Å². The molecule has 0 bridgehead atoms. The van der Waals surface area contributed by atoms with Crippen LogP contribution in [0.3, 0.4) is 0 Å². The molecule has 0 aromatic heterocycles. The van der Waals surface area contributed by atoms with Gasteiger partial charge in [-0.3, -0.25) is 0 Å². The fourth-order valence-corrected chi connectivity index (χ4v) is 2.94. The zero-order valence-corrected chi connectivity index (χ0v) is 12.3. The van der Waals surface area contributed by atoms with E-state index in [-0.39, 0.29) is 11.7 Å². The van der Waals surface area contributed by atoms with Crippen molar-refractivity contribution in [2.45, 2.75) is 4.90 Å². The van der Waals surface area contributed by atoms with Crippen LogP contribution >= 0.6 is 0 Å². The molecule has 0 radical (unpaired) electrons. The van der Waals surface area contributed by atoms with Gasteiger partial charge in [0.2, 0.25) is 6.79 Å². The molecule has 4 nitrogen and oxygen atoms in total. The van der Waals surface area contributed by atoms with E-state index in [2.05, 4.69) is 6.58 Å². The van der Waals surface area contributed by atoms with Gasteiger partial charge in [-0.2, -0.15) is 0 Å². The quantitative estimate of drug-likeness (QED) is 0.874. The Morgan fingerprint density at radius 1 is 1.14 bits per heavy atom. The summed E-state index contributed by atoms with van der Waals surface area (Å²) < 4.78 is 34.1. The lowest BCUT2D eigenvalue weighted by Crippen LogP contribution is -1.97. The molecule has 1 heterocycles. The zero-order valence-electron chi connectivity index (χ0n) is 11.5. The number of hydrogen-bond donors (Lipinski definition) is 0. The third-order valence-corrected chi connectivity index (χ3v) is 4.45. The fraction of sp³-hybridized carbons (Fsp3) is 0.125. The van der Waals surface area contributed by atoms with Crippen LogP contribution in [0.15, 0.2) is 47.9 Å². The van der Waals surface area contributed by atoms with E-state index in [1.807, 2.05) is 18.2 Å². The van der Waals surface area contributed by atoms with Gasteiger partial charge in [-0.1, -0.05) is 24.8 Å². The maximum absolute atomic E-state index is 11.7. The molecule has 3 rings (SSSR count). The maximum Gasteiger partial charge on any atom is 0.231 e. The highest BCUT2D eigenvalue weighted by atomic mass is 32.2. The predicted molar refractivity (Wildman–Crippen MR) is 81.2 cm³/mol. The molecule has 0 unspecified atom stereocenters. The molecule has 0 atom stereocenters. The van der Waals surface area contributed by atoms with Gasteiger partial charge in [0.25, 0.3) is 0 Å². The van der Waals surface area contributed by atoms with Crippen molar-refractivity contribution in [2.75, 3.05) is 13.0 Å². The fourth-order valence-electron chi connectivity index (χ4n) is 2.27. The van der Waals surface area contributed by atoms with Crippen LogP contribution in [0.1, 0.15) is 5.56 Å². The first-order chi connectivity index (χ1) is 9.99. The van der Waals surface area contributed by atoms with Crippen molar-refractivity contribution in [3.8, 4) is 22.6 Å². The molecule has 0 saturated heterocycles. The summed E-state index contributed by atoms with van der Waals surface area (Å²) >= 11 is 0. The predicted octanol–water partition coefficient (Wildman–Crippen LogP) is 3.13. The van der Waals surface area contributed by atoms with Crippen LogP contribution in [0.2, 0.25) is 0 Å². The summed E-state index contributed by atoms with van der Waals surface area (Å²) in [4.78, 5) is 0.285. The van der Waals surface area contributed by atoms with E-state index in [1.165, 1.54) is 6.26 Å². The Morgan fingerprint density at radius 3 is 2.52 bits per heavy atom. The summed E-state index contributed by atoms with van der Waals surface area (Å²) in [7, 11) is -3.25. The van der Waals surface area contributed by atoms with Gasteiger partial charge in [0.05, 0.1) is 4.90 Å². The highest BCUT2D eigenvalue weighted by Gasteiger charge is 2.17. The van der Waals surface area contributed by atoms with Crippen molar-refractivity contribution in [1.82, 2.24) is 0 Å². The molecule has 2 aromatic rings. The Labute approximate surface area is 123 Å². The van der Waals surface area contributed by atoms with Gasteiger partial charge >= 0.3 is 0 Å². The van der Waals surface area contributed by atoms with Crippen molar-refractivity contribution in [3.63, 3.8) is 0 Å². The van der Waals surface area contributed by atoms with E-state index >= 15 is 0 Å². The molecule has 2 aromatic carbocycles. The molecule has 0 spiro atoms. The van der Waals surface area contributed by atoms with E-state index in [0.717, 1.165) is 16.7 Å². The molecule has 0 amide bonds. The summed E-state index contributed by atoms with van der Waals surface area (Å²) in [5.74, 6) is 1.33. The zero-order chi connectivity index (χ0) is 15.0. The molecule has 21 heavy (non-hydrogen) atoms. The lowest BCUT2D eigenvalue weighted by molar-refractivity contribution is 0.174. The van der Waals surface area contributed by atoms with Crippen molar-refractivity contribution in [3.05, 3.63) is 48.5 Å². The second-order valence-electron chi connectivity index (χ2n) is 4.80. The minimum absolute atomic E-state index is 0.193. The first-order valence-electron chi connectivity index (χ1n) is 6.35. The van der Waals surface area contributed by atoms with Gasteiger partial charge in [0.15, 0.2) is 21.3 Å².